The summed E-state index contributed by atoms with van der Waals surface area (Å²) in [4.78, 5) is 24.2. The van der Waals surface area contributed by atoms with Crippen LogP contribution in [0.15, 0.2) is 48.5 Å². The molecule has 0 saturated carbocycles. The molecule has 0 fully saturated rings. The molecule has 6 nitrogen and oxygen atoms in total. The molecule has 0 aliphatic heterocycles. The number of carbonyl (C=O) groups is 2. The van der Waals surface area contributed by atoms with Gasteiger partial charge in [0.2, 0.25) is 0 Å². The molecular weight excluding hydrogens is 420 g/mol. The number of aliphatic hydroxyl groups excluding tert-OH is 1. The van der Waals surface area contributed by atoms with E-state index >= 15 is 0 Å². The Kier molecular flexibility index (Phi) is 12.7. The number of esters is 2. The summed E-state index contributed by atoms with van der Waals surface area (Å²) in [5, 5.41) is 8.73. The van der Waals surface area contributed by atoms with E-state index in [0.717, 1.165) is 12.2 Å². The molecule has 0 radical (unpaired) electrons. The van der Waals surface area contributed by atoms with Gasteiger partial charge in [-0.15, -0.1) is 0 Å². The van der Waals surface area contributed by atoms with E-state index in [1.165, 1.54) is 57.1 Å². The number of aliphatic hydroxyl groups is 1. The maximum atomic E-state index is 12.4. The van der Waals surface area contributed by atoms with Gasteiger partial charge < -0.3 is 19.3 Å². The van der Waals surface area contributed by atoms with Gasteiger partial charge in [-0.2, -0.15) is 0 Å². The third kappa shape index (κ3) is 10.5. The quantitative estimate of drug-likeness (QED) is 0.191. The third-order valence-corrected chi connectivity index (χ3v) is 5.19. The molecule has 0 atom stereocenters. The summed E-state index contributed by atoms with van der Waals surface area (Å²) in [6.45, 7) is 3.03. The summed E-state index contributed by atoms with van der Waals surface area (Å²) in [6.07, 6.45) is 10.4. The van der Waals surface area contributed by atoms with Crippen molar-refractivity contribution >= 4 is 11.9 Å². The minimum absolute atomic E-state index is 0.0332. The molecule has 0 aromatic heterocycles. The van der Waals surface area contributed by atoms with E-state index in [2.05, 4.69) is 6.92 Å². The summed E-state index contributed by atoms with van der Waals surface area (Å²) >= 11 is 0. The van der Waals surface area contributed by atoms with Gasteiger partial charge >= 0.3 is 11.9 Å². The maximum Gasteiger partial charge on any atom is 0.343 e. The van der Waals surface area contributed by atoms with Crippen molar-refractivity contribution in [2.45, 2.75) is 64.7 Å². The summed E-state index contributed by atoms with van der Waals surface area (Å²) < 4.78 is 16.2. The lowest BCUT2D eigenvalue weighted by atomic mass is 10.1. The minimum Gasteiger partial charge on any atom is -0.494 e. The molecule has 0 spiro atoms. The van der Waals surface area contributed by atoms with Crippen LogP contribution in [0.1, 0.15) is 85.4 Å². The third-order valence-electron chi connectivity index (χ3n) is 5.19. The van der Waals surface area contributed by atoms with Crippen molar-refractivity contribution < 1.29 is 28.9 Å². The Hall–Kier alpha value is -2.86. The number of hydrogen-bond acceptors (Lipinski definition) is 6. The van der Waals surface area contributed by atoms with E-state index < -0.39 is 11.9 Å². The second-order valence-electron chi connectivity index (χ2n) is 7.97. The Balaban J connectivity index is 1.69. The zero-order valence-electron chi connectivity index (χ0n) is 19.6. The highest BCUT2D eigenvalue weighted by atomic mass is 16.5. The molecule has 6 heteroatoms. The van der Waals surface area contributed by atoms with Gasteiger partial charge in [0.15, 0.2) is 0 Å². The number of rotatable bonds is 16. The van der Waals surface area contributed by atoms with Gasteiger partial charge in [-0.05, 0) is 55.0 Å². The molecule has 0 unspecified atom stereocenters. The molecule has 33 heavy (non-hydrogen) atoms. The second-order valence-corrected chi connectivity index (χ2v) is 7.97. The first kappa shape index (κ1) is 26.4. The monoisotopic (exact) mass is 456 g/mol. The molecule has 0 amide bonds. The Bertz CT molecular complexity index is 814. The second kappa shape index (κ2) is 15.9. The van der Waals surface area contributed by atoms with E-state index in [1.807, 2.05) is 0 Å². The lowest BCUT2D eigenvalue weighted by molar-refractivity contribution is 0.0482. The Labute approximate surface area is 196 Å². The van der Waals surface area contributed by atoms with Crippen molar-refractivity contribution in [2.75, 3.05) is 19.8 Å². The summed E-state index contributed by atoms with van der Waals surface area (Å²) in [5.74, 6) is 0.104. The minimum atomic E-state index is -0.483. The predicted octanol–water partition coefficient (Wildman–Crippen LogP) is 5.96. The van der Waals surface area contributed by atoms with Crippen molar-refractivity contribution in [3.8, 4) is 11.5 Å². The molecule has 0 saturated heterocycles. The lowest BCUT2D eigenvalue weighted by Crippen LogP contribution is -2.10. The smallest absolute Gasteiger partial charge is 0.343 e. The normalized spacial score (nSPS) is 10.6. The van der Waals surface area contributed by atoms with Crippen LogP contribution in [0.5, 0.6) is 11.5 Å². The van der Waals surface area contributed by atoms with Crippen molar-refractivity contribution in [2.24, 2.45) is 0 Å². The molecule has 2 rings (SSSR count). The van der Waals surface area contributed by atoms with Gasteiger partial charge in [0.05, 0.1) is 24.3 Å². The van der Waals surface area contributed by atoms with Gasteiger partial charge in [0, 0.05) is 13.0 Å². The van der Waals surface area contributed by atoms with Gasteiger partial charge in [-0.25, -0.2) is 9.59 Å². The fraction of sp³-hybridized carbons (Fsp3) is 0.481. The zero-order chi connectivity index (χ0) is 23.7. The average Bonchev–Trinajstić information content (AvgIpc) is 2.84. The number of unbranched alkanes of at least 4 members (excludes halogenated alkanes) is 7. The van der Waals surface area contributed by atoms with Crippen LogP contribution in [0.4, 0.5) is 0 Å². The first-order chi connectivity index (χ1) is 16.1. The van der Waals surface area contributed by atoms with Gasteiger partial charge in [-0.3, -0.25) is 0 Å². The van der Waals surface area contributed by atoms with E-state index in [9.17, 15) is 9.59 Å². The molecular formula is C27H36O6. The highest BCUT2D eigenvalue weighted by Gasteiger charge is 2.11. The van der Waals surface area contributed by atoms with Crippen LogP contribution in [0.25, 0.3) is 0 Å². The van der Waals surface area contributed by atoms with Crippen LogP contribution in [0.3, 0.4) is 0 Å². The van der Waals surface area contributed by atoms with E-state index in [-0.39, 0.29) is 13.2 Å². The topological polar surface area (TPSA) is 82.1 Å². The standard InChI is InChI=1S/C27H36O6/c1-2-3-4-5-6-7-8-9-20-31-24-15-11-23(12-16-24)27(30)33-25-17-13-22(14-18-25)26(29)32-21-10-19-28/h11-18,28H,2-10,19-21H2,1H3. The van der Waals surface area contributed by atoms with Gasteiger partial charge in [0.25, 0.3) is 0 Å². The predicted molar refractivity (Wildman–Crippen MR) is 128 cm³/mol. The number of hydrogen-bond donors (Lipinski definition) is 1. The molecule has 0 aliphatic carbocycles. The fourth-order valence-corrected chi connectivity index (χ4v) is 3.25. The van der Waals surface area contributed by atoms with Crippen molar-refractivity contribution in [3.63, 3.8) is 0 Å². The van der Waals surface area contributed by atoms with Crippen LogP contribution < -0.4 is 9.47 Å². The van der Waals surface area contributed by atoms with Crippen LogP contribution in [-0.4, -0.2) is 36.9 Å². The van der Waals surface area contributed by atoms with Crippen molar-refractivity contribution in [1.29, 1.82) is 0 Å². The Morgan fingerprint density at radius 3 is 1.82 bits per heavy atom. The van der Waals surface area contributed by atoms with E-state index in [4.69, 9.17) is 19.3 Å². The highest BCUT2D eigenvalue weighted by Crippen LogP contribution is 2.18. The summed E-state index contributed by atoms with van der Waals surface area (Å²) in [6, 6.07) is 13.1. The first-order valence-electron chi connectivity index (χ1n) is 12.0. The number of carbonyl (C=O) groups excluding carboxylic acids is 2. The number of ether oxygens (including phenoxy) is 3. The average molecular weight is 457 g/mol. The Morgan fingerprint density at radius 2 is 1.21 bits per heavy atom. The fourth-order valence-electron chi connectivity index (χ4n) is 3.25. The molecule has 0 heterocycles. The van der Waals surface area contributed by atoms with Crippen LogP contribution in [0.2, 0.25) is 0 Å². The first-order valence-corrected chi connectivity index (χ1v) is 12.0. The largest absolute Gasteiger partial charge is 0.494 e. The molecule has 2 aromatic rings. The summed E-state index contributed by atoms with van der Waals surface area (Å²) in [5.41, 5.74) is 0.771. The molecule has 1 N–H and O–H groups in total. The van der Waals surface area contributed by atoms with Crippen molar-refractivity contribution in [1.82, 2.24) is 0 Å². The molecule has 0 bridgehead atoms. The van der Waals surface area contributed by atoms with Crippen LogP contribution in [0, 0.1) is 0 Å². The molecule has 180 valence electrons. The van der Waals surface area contributed by atoms with Gasteiger partial charge in [-0.1, -0.05) is 51.9 Å². The van der Waals surface area contributed by atoms with Crippen LogP contribution >= 0.6 is 0 Å². The Morgan fingerprint density at radius 1 is 0.667 bits per heavy atom. The van der Waals surface area contributed by atoms with Crippen molar-refractivity contribution in [3.05, 3.63) is 59.7 Å². The molecule has 2 aromatic carbocycles. The van der Waals surface area contributed by atoms with E-state index in [0.29, 0.717) is 29.9 Å². The van der Waals surface area contributed by atoms with E-state index in [1.54, 1.807) is 36.4 Å². The summed E-state index contributed by atoms with van der Waals surface area (Å²) in [7, 11) is 0. The van der Waals surface area contributed by atoms with Crippen LogP contribution in [-0.2, 0) is 4.74 Å². The molecule has 0 aliphatic rings. The van der Waals surface area contributed by atoms with Gasteiger partial charge in [0.1, 0.15) is 11.5 Å². The lowest BCUT2D eigenvalue weighted by Gasteiger charge is -2.08. The highest BCUT2D eigenvalue weighted by molar-refractivity contribution is 5.92. The maximum absolute atomic E-state index is 12.4. The number of benzene rings is 2. The SMILES string of the molecule is CCCCCCCCCCOc1ccc(C(=O)Oc2ccc(C(=O)OCCCO)cc2)cc1. The zero-order valence-corrected chi connectivity index (χ0v) is 19.6.